The Bertz CT molecular complexity index is 847. The molecular weight excluding hydrogens is 382 g/mol. The first-order chi connectivity index (χ1) is 14.4. The van der Waals surface area contributed by atoms with Gasteiger partial charge in [-0.1, -0.05) is 18.2 Å². The number of nitrogens with one attached hydrogen (secondary N) is 2. The van der Waals surface area contributed by atoms with E-state index in [-0.39, 0.29) is 17.4 Å². The summed E-state index contributed by atoms with van der Waals surface area (Å²) >= 11 is 0. The van der Waals surface area contributed by atoms with Crippen molar-refractivity contribution in [3.63, 3.8) is 0 Å². The maximum absolute atomic E-state index is 13.2. The smallest absolute Gasteiger partial charge is 0.248 e. The van der Waals surface area contributed by atoms with Gasteiger partial charge in [0.1, 0.15) is 5.75 Å². The molecular formula is C23H31N3O4. The fourth-order valence-corrected chi connectivity index (χ4v) is 4.64. The van der Waals surface area contributed by atoms with Crippen LogP contribution in [0, 0.1) is 11.3 Å². The summed E-state index contributed by atoms with van der Waals surface area (Å²) in [6.45, 7) is 5.89. The molecule has 1 saturated heterocycles. The van der Waals surface area contributed by atoms with Crippen LogP contribution in [0.5, 0.6) is 5.75 Å². The van der Waals surface area contributed by atoms with E-state index in [4.69, 9.17) is 9.94 Å². The fraction of sp³-hybridized carbons (Fsp3) is 0.565. The molecule has 30 heavy (non-hydrogen) atoms. The number of carbonyl (C=O) groups is 2. The molecule has 0 radical (unpaired) electrons. The molecule has 0 aromatic heterocycles. The summed E-state index contributed by atoms with van der Waals surface area (Å²) in [4.78, 5) is 27.2. The zero-order valence-corrected chi connectivity index (χ0v) is 17.7. The van der Waals surface area contributed by atoms with Gasteiger partial charge in [-0.2, -0.15) is 0 Å². The number of benzene rings is 1. The highest BCUT2D eigenvalue weighted by Crippen LogP contribution is 2.52. The van der Waals surface area contributed by atoms with Gasteiger partial charge in [-0.3, -0.25) is 14.8 Å². The molecule has 0 bridgehead atoms. The SMILES string of the molecule is CC(C)Oc1cccc(C2=CCN(C(=O)C3NCC4(CC4)CC3C(=O)NO)CC2)c1. The molecule has 3 aliphatic rings. The van der Waals surface area contributed by atoms with Gasteiger partial charge in [0, 0.05) is 19.6 Å². The summed E-state index contributed by atoms with van der Waals surface area (Å²) in [5.41, 5.74) is 4.21. The summed E-state index contributed by atoms with van der Waals surface area (Å²) in [5.74, 6) is -0.220. The molecule has 2 unspecified atom stereocenters. The van der Waals surface area contributed by atoms with Crippen LogP contribution in [0.25, 0.3) is 5.57 Å². The molecule has 7 nitrogen and oxygen atoms in total. The molecule has 2 fully saturated rings. The minimum Gasteiger partial charge on any atom is -0.491 e. The largest absolute Gasteiger partial charge is 0.491 e. The Hall–Kier alpha value is -2.38. The summed E-state index contributed by atoms with van der Waals surface area (Å²) in [6, 6.07) is 7.47. The molecule has 2 amide bonds. The van der Waals surface area contributed by atoms with Crippen molar-refractivity contribution in [3.05, 3.63) is 35.9 Å². The maximum atomic E-state index is 13.2. The Morgan fingerprint density at radius 1 is 1.33 bits per heavy atom. The second kappa shape index (κ2) is 8.40. The van der Waals surface area contributed by atoms with Crippen LogP contribution in [0.4, 0.5) is 0 Å². The zero-order valence-electron chi connectivity index (χ0n) is 17.7. The lowest BCUT2D eigenvalue weighted by Gasteiger charge is -2.38. The molecule has 2 heterocycles. The van der Waals surface area contributed by atoms with Gasteiger partial charge in [0.05, 0.1) is 18.1 Å². The first kappa shape index (κ1) is 20.9. The molecule has 1 aromatic rings. The first-order valence-corrected chi connectivity index (χ1v) is 10.8. The molecule has 162 valence electrons. The van der Waals surface area contributed by atoms with Crippen LogP contribution < -0.4 is 15.5 Å². The Balaban J connectivity index is 1.43. The van der Waals surface area contributed by atoms with Gasteiger partial charge in [-0.15, -0.1) is 0 Å². The van der Waals surface area contributed by atoms with Gasteiger partial charge in [0.15, 0.2) is 0 Å². The van der Waals surface area contributed by atoms with Crippen LogP contribution in [-0.2, 0) is 9.59 Å². The van der Waals surface area contributed by atoms with Gasteiger partial charge < -0.3 is 15.0 Å². The number of rotatable bonds is 5. The van der Waals surface area contributed by atoms with E-state index in [0.29, 0.717) is 19.5 Å². The van der Waals surface area contributed by atoms with Crippen molar-refractivity contribution < 1.29 is 19.5 Å². The molecule has 3 N–H and O–H groups in total. The Morgan fingerprint density at radius 2 is 2.13 bits per heavy atom. The summed E-state index contributed by atoms with van der Waals surface area (Å²) in [7, 11) is 0. The van der Waals surface area contributed by atoms with Crippen LogP contribution >= 0.6 is 0 Å². The van der Waals surface area contributed by atoms with Crippen molar-refractivity contribution in [1.29, 1.82) is 0 Å². The normalized spacial score (nSPS) is 25.1. The van der Waals surface area contributed by atoms with Gasteiger partial charge in [0.25, 0.3) is 0 Å². The standard InChI is InChI=1S/C23H31N3O4/c1-15(2)30-18-5-3-4-17(12-18)16-6-10-26(11-7-16)22(28)20-19(21(27)25-29)13-23(8-9-23)14-24-20/h3-6,12,15,19-20,24,29H,7-11,13-14H2,1-2H3,(H,25,27). The maximum Gasteiger partial charge on any atom is 0.248 e. The third-order valence-electron chi connectivity index (χ3n) is 6.52. The zero-order chi connectivity index (χ0) is 21.3. The van der Waals surface area contributed by atoms with Gasteiger partial charge in [0.2, 0.25) is 11.8 Å². The number of nitrogens with zero attached hydrogens (tertiary/aromatic N) is 1. The fourth-order valence-electron chi connectivity index (χ4n) is 4.64. The van der Waals surface area contributed by atoms with E-state index >= 15 is 0 Å². The highest BCUT2D eigenvalue weighted by atomic mass is 16.5. The minimum absolute atomic E-state index is 0.0636. The second-order valence-electron chi connectivity index (χ2n) is 9.10. The number of ether oxygens (including phenoxy) is 1. The van der Waals surface area contributed by atoms with Gasteiger partial charge >= 0.3 is 0 Å². The van der Waals surface area contributed by atoms with Crippen molar-refractivity contribution >= 4 is 17.4 Å². The van der Waals surface area contributed by atoms with E-state index < -0.39 is 17.9 Å². The number of amides is 2. The Morgan fingerprint density at radius 3 is 2.77 bits per heavy atom. The number of hydrogen-bond acceptors (Lipinski definition) is 5. The van der Waals surface area contributed by atoms with E-state index in [9.17, 15) is 9.59 Å². The lowest BCUT2D eigenvalue weighted by atomic mass is 9.81. The number of carbonyl (C=O) groups excluding carboxylic acids is 2. The number of hydroxylamine groups is 1. The summed E-state index contributed by atoms with van der Waals surface area (Å²) < 4.78 is 5.79. The molecule has 2 atom stereocenters. The average Bonchev–Trinajstić information content (AvgIpc) is 3.51. The van der Waals surface area contributed by atoms with Crippen LogP contribution in [0.1, 0.15) is 45.1 Å². The van der Waals surface area contributed by atoms with E-state index in [0.717, 1.165) is 37.1 Å². The van der Waals surface area contributed by atoms with E-state index in [2.05, 4.69) is 17.5 Å². The van der Waals surface area contributed by atoms with E-state index in [1.54, 1.807) is 10.4 Å². The first-order valence-electron chi connectivity index (χ1n) is 10.8. The lowest BCUT2D eigenvalue weighted by molar-refractivity contribution is -0.144. The van der Waals surface area contributed by atoms with E-state index in [1.807, 2.05) is 32.0 Å². The molecule has 4 rings (SSSR count). The third-order valence-corrected chi connectivity index (χ3v) is 6.52. The highest BCUT2D eigenvalue weighted by molar-refractivity contribution is 5.90. The summed E-state index contributed by atoms with van der Waals surface area (Å²) in [6.07, 6.45) is 5.76. The molecule has 7 heteroatoms. The molecule has 1 spiro atoms. The van der Waals surface area contributed by atoms with Crippen LogP contribution in [0.2, 0.25) is 0 Å². The monoisotopic (exact) mass is 413 g/mol. The van der Waals surface area contributed by atoms with Gasteiger partial charge in [-0.25, -0.2) is 5.48 Å². The Labute approximate surface area is 177 Å². The van der Waals surface area contributed by atoms with Gasteiger partial charge in [-0.05, 0) is 68.2 Å². The molecule has 1 aliphatic carbocycles. The highest BCUT2D eigenvalue weighted by Gasteiger charge is 2.52. The summed E-state index contributed by atoms with van der Waals surface area (Å²) in [5, 5.41) is 12.5. The predicted octanol–water partition coefficient (Wildman–Crippen LogP) is 2.35. The molecule has 1 aromatic carbocycles. The molecule has 2 aliphatic heterocycles. The third kappa shape index (κ3) is 4.37. The lowest BCUT2D eigenvalue weighted by Crippen LogP contribution is -2.59. The van der Waals surface area contributed by atoms with Crippen molar-refractivity contribution in [1.82, 2.24) is 15.7 Å². The van der Waals surface area contributed by atoms with Crippen molar-refractivity contribution in [3.8, 4) is 5.75 Å². The van der Waals surface area contributed by atoms with Crippen LogP contribution in [0.3, 0.4) is 0 Å². The Kier molecular flexibility index (Phi) is 5.84. The average molecular weight is 414 g/mol. The van der Waals surface area contributed by atoms with Crippen LogP contribution in [0.15, 0.2) is 30.3 Å². The van der Waals surface area contributed by atoms with Crippen molar-refractivity contribution in [2.24, 2.45) is 11.3 Å². The number of piperidine rings is 1. The van der Waals surface area contributed by atoms with Crippen molar-refractivity contribution in [2.75, 3.05) is 19.6 Å². The second-order valence-corrected chi connectivity index (χ2v) is 9.10. The van der Waals surface area contributed by atoms with Crippen molar-refractivity contribution in [2.45, 2.75) is 51.7 Å². The number of hydrogen-bond donors (Lipinski definition) is 3. The minimum atomic E-state index is -0.582. The quantitative estimate of drug-likeness (QED) is 0.509. The van der Waals surface area contributed by atoms with Crippen LogP contribution in [-0.4, -0.2) is 53.7 Å². The molecule has 1 saturated carbocycles. The topological polar surface area (TPSA) is 90.9 Å². The van der Waals surface area contributed by atoms with E-state index in [1.165, 1.54) is 5.57 Å². The predicted molar refractivity (Wildman–Crippen MR) is 113 cm³/mol.